The number of hydrogen-bond acceptors (Lipinski definition) is 3. The van der Waals surface area contributed by atoms with Gasteiger partial charge in [0, 0.05) is 13.1 Å². The van der Waals surface area contributed by atoms with E-state index in [1.807, 2.05) is 30.3 Å². The number of hydrogen-bond donors (Lipinski definition) is 1. The lowest BCUT2D eigenvalue weighted by atomic mass is 10.2. The van der Waals surface area contributed by atoms with Crippen LogP contribution in [0.4, 0.5) is 13.2 Å². The Morgan fingerprint density at radius 2 is 1.90 bits per heavy atom. The van der Waals surface area contributed by atoms with Crippen LogP contribution in [0.3, 0.4) is 0 Å². The van der Waals surface area contributed by atoms with E-state index in [2.05, 4.69) is 4.74 Å². The SMILES string of the molecule is NCCCN(Cc1ccccc1)C(=O)COCC(F)(F)F. The average Bonchev–Trinajstić information content (AvgIpc) is 2.43. The molecule has 0 spiro atoms. The summed E-state index contributed by atoms with van der Waals surface area (Å²) >= 11 is 0. The zero-order chi connectivity index (χ0) is 15.7. The van der Waals surface area contributed by atoms with Gasteiger partial charge in [0.05, 0.1) is 0 Å². The number of nitrogens with zero attached hydrogens (tertiary/aromatic N) is 1. The second-order valence-electron chi connectivity index (χ2n) is 4.55. The van der Waals surface area contributed by atoms with Crippen LogP contribution >= 0.6 is 0 Å². The number of carbonyl (C=O) groups is 1. The topological polar surface area (TPSA) is 55.6 Å². The number of alkyl halides is 3. The maximum Gasteiger partial charge on any atom is 0.411 e. The molecule has 7 heteroatoms. The molecular weight excluding hydrogens is 285 g/mol. The summed E-state index contributed by atoms with van der Waals surface area (Å²) in [7, 11) is 0. The fourth-order valence-electron chi connectivity index (χ4n) is 1.72. The minimum absolute atomic E-state index is 0.328. The van der Waals surface area contributed by atoms with Crippen molar-refractivity contribution in [2.45, 2.75) is 19.1 Å². The van der Waals surface area contributed by atoms with Crippen molar-refractivity contribution in [3.8, 4) is 0 Å². The summed E-state index contributed by atoms with van der Waals surface area (Å²) in [6.45, 7) is -0.887. The zero-order valence-electron chi connectivity index (χ0n) is 11.6. The molecule has 0 heterocycles. The normalized spacial score (nSPS) is 11.4. The molecule has 1 aromatic rings. The smallest absolute Gasteiger partial charge is 0.362 e. The van der Waals surface area contributed by atoms with Gasteiger partial charge in [-0.15, -0.1) is 0 Å². The highest BCUT2D eigenvalue weighted by atomic mass is 19.4. The number of halogens is 3. The second-order valence-corrected chi connectivity index (χ2v) is 4.55. The van der Waals surface area contributed by atoms with E-state index in [9.17, 15) is 18.0 Å². The minimum atomic E-state index is -4.43. The highest BCUT2D eigenvalue weighted by Gasteiger charge is 2.28. The van der Waals surface area contributed by atoms with E-state index >= 15 is 0 Å². The summed E-state index contributed by atoms with van der Waals surface area (Å²) in [4.78, 5) is 13.4. The standard InChI is InChI=1S/C14H19F3N2O2/c15-14(16,17)11-21-10-13(20)19(8-4-7-18)9-12-5-2-1-3-6-12/h1-3,5-6H,4,7-11,18H2. The van der Waals surface area contributed by atoms with Crippen LogP contribution in [0.5, 0.6) is 0 Å². The van der Waals surface area contributed by atoms with E-state index in [1.54, 1.807) is 0 Å². The van der Waals surface area contributed by atoms with Crippen molar-refractivity contribution in [2.24, 2.45) is 5.73 Å². The van der Waals surface area contributed by atoms with Crippen LogP contribution < -0.4 is 5.73 Å². The van der Waals surface area contributed by atoms with Gasteiger partial charge in [0.15, 0.2) is 0 Å². The number of ether oxygens (including phenoxy) is 1. The molecule has 1 rings (SSSR count). The van der Waals surface area contributed by atoms with Crippen LogP contribution in [0.25, 0.3) is 0 Å². The molecule has 0 aliphatic carbocycles. The van der Waals surface area contributed by atoms with Crippen molar-refractivity contribution in [3.05, 3.63) is 35.9 Å². The summed E-state index contributed by atoms with van der Waals surface area (Å²) < 4.78 is 40.4. The molecule has 118 valence electrons. The van der Waals surface area contributed by atoms with Crippen molar-refractivity contribution in [3.63, 3.8) is 0 Å². The highest BCUT2D eigenvalue weighted by Crippen LogP contribution is 2.14. The van der Waals surface area contributed by atoms with Crippen molar-refractivity contribution in [2.75, 3.05) is 26.3 Å². The first-order valence-corrected chi connectivity index (χ1v) is 6.58. The predicted molar refractivity (Wildman–Crippen MR) is 72.4 cm³/mol. The Kier molecular flexibility index (Phi) is 7.18. The van der Waals surface area contributed by atoms with Crippen molar-refractivity contribution < 1.29 is 22.7 Å². The Morgan fingerprint density at radius 3 is 2.48 bits per heavy atom. The molecule has 0 atom stereocenters. The van der Waals surface area contributed by atoms with Gasteiger partial charge in [-0.3, -0.25) is 4.79 Å². The molecule has 0 aliphatic heterocycles. The average molecular weight is 304 g/mol. The Balaban J connectivity index is 2.53. The van der Waals surface area contributed by atoms with E-state index in [4.69, 9.17) is 5.73 Å². The highest BCUT2D eigenvalue weighted by molar-refractivity contribution is 5.77. The Hall–Kier alpha value is -1.60. The summed E-state index contributed by atoms with van der Waals surface area (Å²) in [5.74, 6) is -0.475. The van der Waals surface area contributed by atoms with Gasteiger partial charge >= 0.3 is 6.18 Å². The van der Waals surface area contributed by atoms with Crippen LogP contribution in [0.15, 0.2) is 30.3 Å². The number of amides is 1. The molecular formula is C14H19F3N2O2. The molecule has 0 radical (unpaired) electrons. The number of nitrogens with two attached hydrogens (primary N) is 1. The van der Waals surface area contributed by atoms with Crippen LogP contribution in [0, 0.1) is 0 Å². The van der Waals surface area contributed by atoms with Gasteiger partial charge in [-0.25, -0.2) is 0 Å². The first-order chi connectivity index (χ1) is 9.92. The van der Waals surface area contributed by atoms with E-state index in [0.717, 1.165) is 5.56 Å². The third-order valence-corrected chi connectivity index (χ3v) is 2.69. The van der Waals surface area contributed by atoms with Gasteiger partial charge in [0.2, 0.25) is 5.91 Å². The quantitative estimate of drug-likeness (QED) is 0.798. The van der Waals surface area contributed by atoms with Crippen LogP contribution in [0.1, 0.15) is 12.0 Å². The second kappa shape index (κ2) is 8.63. The van der Waals surface area contributed by atoms with Crippen LogP contribution in [-0.2, 0) is 16.1 Å². The zero-order valence-corrected chi connectivity index (χ0v) is 11.6. The molecule has 0 unspecified atom stereocenters. The molecule has 1 aromatic carbocycles. The predicted octanol–water partition coefficient (Wildman–Crippen LogP) is 1.94. The molecule has 0 saturated heterocycles. The van der Waals surface area contributed by atoms with E-state index in [0.29, 0.717) is 26.1 Å². The number of carbonyl (C=O) groups excluding carboxylic acids is 1. The van der Waals surface area contributed by atoms with Gasteiger partial charge < -0.3 is 15.4 Å². The van der Waals surface area contributed by atoms with E-state index in [1.165, 1.54) is 4.90 Å². The van der Waals surface area contributed by atoms with Gasteiger partial charge in [-0.05, 0) is 18.5 Å². The largest absolute Gasteiger partial charge is 0.411 e. The maximum absolute atomic E-state index is 12.0. The van der Waals surface area contributed by atoms with Gasteiger partial charge in [0.1, 0.15) is 13.2 Å². The molecule has 0 bridgehead atoms. The summed E-state index contributed by atoms with van der Waals surface area (Å²) in [6, 6.07) is 9.21. The van der Waals surface area contributed by atoms with E-state index < -0.39 is 25.3 Å². The van der Waals surface area contributed by atoms with Crippen molar-refractivity contribution in [1.82, 2.24) is 4.90 Å². The van der Waals surface area contributed by atoms with Crippen molar-refractivity contribution in [1.29, 1.82) is 0 Å². The molecule has 4 nitrogen and oxygen atoms in total. The first-order valence-electron chi connectivity index (χ1n) is 6.58. The number of benzene rings is 1. The lowest BCUT2D eigenvalue weighted by Gasteiger charge is -2.23. The minimum Gasteiger partial charge on any atom is -0.362 e. The first kappa shape index (κ1) is 17.5. The molecule has 2 N–H and O–H groups in total. The Labute approximate surface area is 121 Å². The summed E-state index contributed by atoms with van der Waals surface area (Å²) in [5, 5.41) is 0. The molecule has 0 fully saturated rings. The fraction of sp³-hybridized carbons (Fsp3) is 0.500. The Morgan fingerprint density at radius 1 is 1.24 bits per heavy atom. The molecule has 21 heavy (non-hydrogen) atoms. The molecule has 0 aliphatic rings. The third-order valence-electron chi connectivity index (χ3n) is 2.69. The van der Waals surface area contributed by atoms with Gasteiger partial charge in [-0.1, -0.05) is 30.3 Å². The van der Waals surface area contributed by atoms with Crippen LogP contribution in [-0.4, -0.2) is 43.3 Å². The maximum atomic E-state index is 12.0. The Bertz CT molecular complexity index is 424. The van der Waals surface area contributed by atoms with E-state index in [-0.39, 0.29) is 0 Å². The number of rotatable bonds is 8. The molecule has 1 amide bonds. The lowest BCUT2D eigenvalue weighted by molar-refractivity contribution is -0.178. The monoisotopic (exact) mass is 304 g/mol. The summed E-state index contributed by atoms with van der Waals surface area (Å²) in [6.07, 6.45) is -3.85. The third kappa shape index (κ3) is 7.67. The van der Waals surface area contributed by atoms with Crippen molar-refractivity contribution >= 4 is 5.91 Å². The summed E-state index contributed by atoms with van der Waals surface area (Å²) in [5.41, 5.74) is 6.31. The fourth-order valence-corrected chi connectivity index (χ4v) is 1.72. The van der Waals surface area contributed by atoms with Gasteiger partial charge in [0.25, 0.3) is 0 Å². The van der Waals surface area contributed by atoms with Gasteiger partial charge in [-0.2, -0.15) is 13.2 Å². The van der Waals surface area contributed by atoms with Crippen LogP contribution in [0.2, 0.25) is 0 Å². The molecule has 0 saturated carbocycles. The molecule has 0 aromatic heterocycles. The lowest BCUT2D eigenvalue weighted by Crippen LogP contribution is -2.36.